The van der Waals surface area contributed by atoms with Crippen molar-refractivity contribution in [1.82, 2.24) is 14.5 Å². The van der Waals surface area contributed by atoms with Crippen molar-refractivity contribution in [2.24, 2.45) is 11.3 Å². The lowest BCUT2D eigenvalue weighted by atomic mass is 9.93. The van der Waals surface area contributed by atoms with Gasteiger partial charge >= 0.3 is 0 Å². The second kappa shape index (κ2) is 5.37. The number of aromatic nitrogens is 2. The molecule has 1 aliphatic carbocycles. The lowest BCUT2D eigenvalue weighted by Gasteiger charge is -2.19. The third-order valence-electron chi connectivity index (χ3n) is 4.23. The number of aryl methyl sites for hydroxylation is 1. The number of nitrogens with one attached hydrogen (secondary N) is 1. The largest absolute Gasteiger partial charge is 0.381 e. The van der Waals surface area contributed by atoms with E-state index in [2.05, 4.69) is 23.7 Å². The van der Waals surface area contributed by atoms with Crippen molar-refractivity contribution in [2.45, 2.75) is 51.5 Å². The molecule has 1 fully saturated rings. The summed E-state index contributed by atoms with van der Waals surface area (Å²) < 4.78 is 28.9. The molecule has 0 bridgehead atoms. The summed E-state index contributed by atoms with van der Waals surface area (Å²) in [5.41, 5.74) is 5.85. The molecule has 1 saturated carbocycles. The van der Waals surface area contributed by atoms with Gasteiger partial charge in [0, 0.05) is 19.3 Å². The predicted octanol–water partition coefficient (Wildman–Crippen LogP) is 1.59. The summed E-state index contributed by atoms with van der Waals surface area (Å²) in [6, 6.07) is 0. The van der Waals surface area contributed by atoms with E-state index in [1.54, 1.807) is 4.68 Å². The highest BCUT2D eigenvalue weighted by atomic mass is 32.2. The van der Waals surface area contributed by atoms with E-state index in [1.807, 2.05) is 6.92 Å². The highest BCUT2D eigenvalue weighted by Crippen LogP contribution is 2.51. The molecule has 0 aliphatic heterocycles. The smallest absolute Gasteiger partial charge is 0.245 e. The van der Waals surface area contributed by atoms with Gasteiger partial charge in [-0.25, -0.2) is 13.1 Å². The van der Waals surface area contributed by atoms with Gasteiger partial charge in [-0.3, -0.25) is 4.68 Å². The summed E-state index contributed by atoms with van der Waals surface area (Å²) in [7, 11) is -3.57. The zero-order valence-electron chi connectivity index (χ0n) is 12.4. The van der Waals surface area contributed by atoms with Gasteiger partial charge in [-0.05, 0) is 30.6 Å². The van der Waals surface area contributed by atoms with E-state index in [1.165, 1.54) is 6.20 Å². The Hall–Kier alpha value is -1.08. The SMILES string of the molecule is CCCn1cc(S(=O)(=O)NCC2(C(C)C)CC2)c(N)n1. The van der Waals surface area contributed by atoms with Crippen molar-refractivity contribution >= 4 is 15.8 Å². The molecule has 20 heavy (non-hydrogen) atoms. The maximum Gasteiger partial charge on any atom is 0.245 e. The van der Waals surface area contributed by atoms with Crippen LogP contribution < -0.4 is 10.5 Å². The summed E-state index contributed by atoms with van der Waals surface area (Å²) >= 11 is 0. The molecule has 0 spiro atoms. The maximum absolute atomic E-state index is 12.3. The van der Waals surface area contributed by atoms with Crippen LogP contribution in [0.4, 0.5) is 5.82 Å². The van der Waals surface area contributed by atoms with Crippen LogP contribution in [0.25, 0.3) is 0 Å². The molecule has 0 amide bonds. The Bertz CT molecular complexity index is 573. The standard InChI is InChI=1S/C13H24N4O2S/c1-4-7-17-8-11(12(14)16-17)20(18,19)15-9-13(5-6-13)10(2)3/h8,10,15H,4-7,9H2,1-3H3,(H2,14,16). The van der Waals surface area contributed by atoms with E-state index >= 15 is 0 Å². The summed E-state index contributed by atoms with van der Waals surface area (Å²) in [5.74, 6) is 0.547. The first-order valence-corrected chi connectivity index (χ1v) is 8.61. The molecule has 0 saturated heterocycles. The van der Waals surface area contributed by atoms with Crippen molar-refractivity contribution in [3.63, 3.8) is 0 Å². The molecule has 0 unspecified atom stereocenters. The minimum absolute atomic E-state index is 0.0698. The Morgan fingerprint density at radius 2 is 2.15 bits per heavy atom. The molecule has 1 aromatic heterocycles. The molecular weight excluding hydrogens is 276 g/mol. The van der Waals surface area contributed by atoms with Crippen molar-refractivity contribution in [3.8, 4) is 0 Å². The number of hydrogen-bond acceptors (Lipinski definition) is 4. The predicted molar refractivity (Wildman–Crippen MR) is 78.6 cm³/mol. The molecule has 0 aromatic carbocycles. The van der Waals surface area contributed by atoms with Crippen LogP contribution in [0.15, 0.2) is 11.1 Å². The first-order valence-electron chi connectivity index (χ1n) is 7.13. The highest BCUT2D eigenvalue weighted by molar-refractivity contribution is 7.89. The molecule has 114 valence electrons. The van der Waals surface area contributed by atoms with Gasteiger partial charge in [0.15, 0.2) is 5.82 Å². The number of sulfonamides is 1. The fraction of sp³-hybridized carbons (Fsp3) is 0.769. The van der Waals surface area contributed by atoms with Crippen molar-refractivity contribution in [2.75, 3.05) is 12.3 Å². The molecule has 1 aromatic rings. The van der Waals surface area contributed by atoms with Crippen molar-refractivity contribution in [3.05, 3.63) is 6.20 Å². The van der Waals surface area contributed by atoms with Crippen LogP contribution >= 0.6 is 0 Å². The van der Waals surface area contributed by atoms with Crippen LogP contribution in [0, 0.1) is 11.3 Å². The summed E-state index contributed by atoms with van der Waals surface area (Å²) in [4.78, 5) is 0.0884. The van der Waals surface area contributed by atoms with Crippen LogP contribution in [-0.4, -0.2) is 24.7 Å². The fourth-order valence-electron chi connectivity index (χ4n) is 2.40. The maximum atomic E-state index is 12.3. The highest BCUT2D eigenvalue weighted by Gasteiger charge is 2.45. The minimum Gasteiger partial charge on any atom is -0.381 e. The third kappa shape index (κ3) is 2.98. The van der Waals surface area contributed by atoms with Crippen LogP contribution in [0.2, 0.25) is 0 Å². The average Bonchev–Trinajstić information content (AvgIpc) is 3.07. The molecule has 3 N–H and O–H groups in total. The van der Waals surface area contributed by atoms with Crippen molar-refractivity contribution < 1.29 is 8.42 Å². The Labute approximate surface area is 120 Å². The Morgan fingerprint density at radius 3 is 2.65 bits per heavy atom. The molecule has 6 nitrogen and oxygen atoms in total. The number of nitrogen functional groups attached to an aromatic ring is 1. The molecule has 0 atom stereocenters. The van der Waals surface area contributed by atoms with Crippen LogP contribution in [0.3, 0.4) is 0 Å². The Balaban J connectivity index is 2.10. The number of nitrogens with zero attached hydrogens (tertiary/aromatic N) is 2. The van der Waals surface area contributed by atoms with Gasteiger partial charge in [-0.15, -0.1) is 0 Å². The van der Waals surface area contributed by atoms with Gasteiger partial charge in [-0.2, -0.15) is 5.10 Å². The number of nitrogens with two attached hydrogens (primary N) is 1. The molecular formula is C13H24N4O2S. The summed E-state index contributed by atoms with van der Waals surface area (Å²) in [5, 5.41) is 4.04. The summed E-state index contributed by atoms with van der Waals surface area (Å²) in [6.07, 6.45) is 4.55. The van der Waals surface area contributed by atoms with E-state index in [4.69, 9.17) is 5.73 Å². The molecule has 1 aliphatic rings. The first kappa shape index (κ1) is 15.3. The van der Waals surface area contributed by atoms with E-state index in [0.717, 1.165) is 19.3 Å². The van der Waals surface area contributed by atoms with Gasteiger partial charge < -0.3 is 5.73 Å². The Morgan fingerprint density at radius 1 is 1.50 bits per heavy atom. The first-order chi connectivity index (χ1) is 9.31. The lowest BCUT2D eigenvalue weighted by molar-refractivity contribution is 0.357. The topological polar surface area (TPSA) is 90.0 Å². The Kier molecular flexibility index (Phi) is 4.11. The lowest BCUT2D eigenvalue weighted by Crippen LogP contribution is -2.32. The number of anilines is 1. The molecule has 1 heterocycles. The van der Waals surface area contributed by atoms with Crippen LogP contribution in [-0.2, 0) is 16.6 Å². The van der Waals surface area contributed by atoms with Crippen molar-refractivity contribution in [1.29, 1.82) is 0 Å². The second-order valence-corrected chi connectivity index (χ2v) is 7.72. The van der Waals surface area contributed by atoms with Crippen LogP contribution in [0.5, 0.6) is 0 Å². The number of hydrogen-bond donors (Lipinski definition) is 2. The van der Waals surface area contributed by atoms with E-state index < -0.39 is 10.0 Å². The van der Waals surface area contributed by atoms with Crippen LogP contribution in [0.1, 0.15) is 40.0 Å². The van der Waals surface area contributed by atoms with Gasteiger partial charge in [0.25, 0.3) is 0 Å². The molecule has 0 radical (unpaired) electrons. The monoisotopic (exact) mass is 300 g/mol. The third-order valence-corrected chi connectivity index (χ3v) is 5.65. The quantitative estimate of drug-likeness (QED) is 0.800. The van der Waals surface area contributed by atoms with E-state index in [9.17, 15) is 8.42 Å². The zero-order valence-corrected chi connectivity index (χ0v) is 13.2. The zero-order chi connectivity index (χ0) is 15.0. The average molecular weight is 300 g/mol. The minimum atomic E-state index is -3.57. The summed E-state index contributed by atoms with van der Waals surface area (Å²) in [6.45, 7) is 7.41. The molecule has 7 heteroatoms. The van der Waals surface area contributed by atoms with E-state index in [0.29, 0.717) is 19.0 Å². The van der Waals surface area contributed by atoms with Gasteiger partial charge in [0.05, 0.1) is 0 Å². The normalized spacial score (nSPS) is 17.6. The van der Waals surface area contributed by atoms with Gasteiger partial charge in [-0.1, -0.05) is 20.8 Å². The van der Waals surface area contributed by atoms with Gasteiger partial charge in [0.1, 0.15) is 4.90 Å². The second-order valence-electron chi connectivity index (χ2n) is 5.98. The molecule has 2 rings (SSSR count). The van der Waals surface area contributed by atoms with E-state index in [-0.39, 0.29) is 16.1 Å². The van der Waals surface area contributed by atoms with Gasteiger partial charge in [0.2, 0.25) is 10.0 Å². The fourth-order valence-corrected chi connectivity index (χ4v) is 3.61. The number of rotatable bonds is 7.